The highest BCUT2D eigenvalue weighted by Crippen LogP contribution is 2.33. The lowest BCUT2D eigenvalue weighted by Crippen LogP contribution is -2.31. The summed E-state index contributed by atoms with van der Waals surface area (Å²) in [6, 6.07) is 9.46. The third-order valence-corrected chi connectivity index (χ3v) is 5.74. The monoisotopic (exact) mass is 377 g/mol. The topological polar surface area (TPSA) is 80.9 Å². The Morgan fingerprint density at radius 2 is 1.96 bits per heavy atom. The first-order valence-corrected chi connectivity index (χ1v) is 9.64. The molecular formula is C20H23N7O. The first-order valence-electron chi connectivity index (χ1n) is 9.64. The average Bonchev–Trinajstić information content (AvgIpc) is 3.38. The summed E-state index contributed by atoms with van der Waals surface area (Å²) in [6.45, 7) is 3.80. The highest BCUT2D eigenvalue weighted by Gasteiger charge is 2.39. The number of aryl methyl sites for hydroxylation is 1. The molecule has 0 radical (unpaired) electrons. The minimum absolute atomic E-state index is 0.200. The van der Waals surface area contributed by atoms with Crippen LogP contribution < -0.4 is 5.32 Å². The maximum absolute atomic E-state index is 12.7. The molecule has 1 amide bonds. The van der Waals surface area contributed by atoms with Crippen LogP contribution in [0.3, 0.4) is 0 Å². The lowest BCUT2D eigenvalue weighted by Gasteiger charge is -2.25. The zero-order chi connectivity index (χ0) is 19.1. The van der Waals surface area contributed by atoms with Gasteiger partial charge in [-0.1, -0.05) is 18.2 Å². The van der Waals surface area contributed by atoms with Gasteiger partial charge in [-0.2, -0.15) is 5.10 Å². The molecule has 0 spiro atoms. The number of para-hydroxylation sites is 1. The fourth-order valence-electron chi connectivity index (χ4n) is 4.44. The molecule has 2 aromatic heterocycles. The number of carbonyl (C=O) groups excluding carboxylic acids is 1. The number of carbonyl (C=O) groups is 1. The quantitative estimate of drug-likeness (QED) is 0.746. The number of fused-ring (bicyclic) bond motifs is 2. The number of rotatable bonds is 4. The molecule has 0 aliphatic carbocycles. The smallest absolute Gasteiger partial charge is 0.293 e. The van der Waals surface area contributed by atoms with E-state index >= 15 is 0 Å². The molecule has 2 aliphatic heterocycles. The summed E-state index contributed by atoms with van der Waals surface area (Å²) in [5.74, 6) is 2.21. The van der Waals surface area contributed by atoms with Gasteiger partial charge >= 0.3 is 0 Å². The Kier molecular flexibility index (Phi) is 4.20. The van der Waals surface area contributed by atoms with E-state index < -0.39 is 0 Å². The normalized spacial score (nSPS) is 21.3. The van der Waals surface area contributed by atoms with Gasteiger partial charge in [0.1, 0.15) is 5.82 Å². The third-order valence-electron chi connectivity index (χ3n) is 5.74. The second kappa shape index (κ2) is 6.87. The predicted octanol–water partition coefficient (Wildman–Crippen LogP) is 1.57. The molecule has 3 aromatic rings. The van der Waals surface area contributed by atoms with Gasteiger partial charge in [0.15, 0.2) is 0 Å². The van der Waals surface area contributed by atoms with Gasteiger partial charge in [0.05, 0.1) is 6.20 Å². The van der Waals surface area contributed by atoms with E-state index in [9.17, 15) is 4.79 Å². The molecule has 28 heavy (non-hydrogen) atoms. The largest absolute Gasteiger partial charge is 0.319 e. The number of hydrogen-bond donors (Lipinski definition) is 1. The summed E-state index contributed by atoms with van der Waals surface area (Å²) in [5.41, 5.74) is 2.01. The molecule has 8 nitrogen and oxygen atoms in total. The van der Waals surface area contributed by atoms with Gasteiger partial charge in [0, 0.05) is 57.1 Å². The third kappa shape index (κ3) is 3.20. The van der Waals surface area contributed by atoms with Crippen molar-refractivity contribution in [1.29, 1.82) is 0 Å². The predicted molar refractivity (Wildman–Crippen MR) is 104 cm³/mol. The maximum Gasteiger partial charge on any atom is 0.293 e. The molecule has 0 bridgehead atoms. The molecule has 8 heteroatoms. The standard InChI is InChI=1S/C20H23N7O/c1-25-9-14(8-21-25)10-26-11-15-7-18-23-24-19(27(18)13-16(15)12-26)20(28)22-17-5-3-2-4-6-17/h2-6,8-9,15-16H,7,10-13H2,1H3,(H,22,28)/t15-,16+/m1/s1. The lowest BCUT2D eigenvalue weighted by atomic mass is 9.89. The Morgan fingerprint density at radius 1 is 1.14 bits per heavy atom. The average molecular weight is 377 g/mol. The van der Waals surface area contributed by atoms with Gasteiger partial charge < -0.3 is 9.88 Å². The van der Waals surface area contributed by atoms with Gasteiger partial charge in [-0.15, -0.1) is 10.2 Å². The SMILES string of the molecule is Cn1cc(CN2C[C@H]3Cc4nnc(C(=O)Nc5ccccc5)n4C[C@@H]3C2)cn1. The van der Waals surface area contributed by atoms with Crippen LogP contribution in [0, 0.1) is 11.8 Å². The summed E-state index contributed by atoms with van der Waals surface area (Å²) in [4.78, 5) is 15.2. The summed E-state index contributed by atoms with van der Waals surface area (Å²) >= 11 is 0. The van der Waals surface area contributed by atoms with Crippen molar-refractivity contribution in [3.05, 3.63) is 59.9 Å². The number of nitrogens with zero attached hydrogens (tertiary/aromatic N) is 6. The van der Waals surface area contributed by atoms with Crippen LogP contribution in [-0.2, 0) is 26.6 Å². The summed E-state index contributed by atoms with van der Waals surface area (Å²) in [6.07, 6.45) is 4.88. The lowest BCUT2D eigenvalue weighted by molar-refractivity contribution is 0.100. The van der Waals surface area contributed by atoms with Crippen molar-refractivity contribution >= 4 is 11.6 Å². The first kappa shape index (κ1) is 17.1. The molecule has 0 saturated carbocycles. The van der Waals surface area contributed by atoms with Gasteiger partial charge in [-0.05, 0) is 24.0 Å². The van der Waals surface area contributed by atoms with Gasteiger partial charge in [-0.25, -0.2) is 0 Å². The molecule has 1 fully saturated rings. The highest BCUT2D eigenvalue weighted by molar-refractivity contribution is 6.01. The van der Waals surface area contributed by atoms with Crippen molar-refractivity contribution < 1.29 is 4.79 Å². The van der Waals surface area contributed by atoms with Crippen LogP contribution >= 0.6 is 0 Å². The van der Waals surface area contributed by atoms with E-state index in [1.807, 2.05) is 52.8 Å². The van der Waals surface area contributed by atoms with Gasteiger partial charge in [-0.3, -0.25) is 14.4 Å². The zero-order valence-corrected chi connectivity index (χ0v) is 15.8. The molecule has 5 rings (SSSR count). The van der Waals surface area contributed by atoms with E-state index in [-0.39, 0.29) is 5.91 Å². The van der Waals surface area contributed by atoms with Crippen LogP contribution in [-0.4, -0.2) is 48.4 Å². The summed E-state index contributed by atoms with van der Waals surface area (Å²) in [5, 5.41) is 15.7. The minimum Gasteiger partial charge on any atom is -0.319 e. The van der Waals surface area contributed by atoms with Crippen LogP contribution in [0.4, 0.5) is 5.69 Å². The molecule has 2 aliphatic rings. The molecule has 1 saturated heterocycles. The molecule has 1 N–H and O–H groups in total. The van der Waals surface area contributed by atoms with E-state index in [2.05, 4.69) is 31.7 Å². The Hall–Kier alpha value is -3.00. The summed E-state index contributed by atoms with van der Waals surface area (Å²) in [7, 11) is 1.95. The van der Waals surface area contributed by atoms with Gasteiger partial charge in [0.2, 0.25) is 5.82 Å². The molecule has 0 unspecified atom stereocenters. The Bertz CT molecular complexity index is 993. The molecule has 4 heterocycles. The van der Waals surface area contributed by atoms with E-state index in [0.717, 1.165) is 44.1 Å². The van der Waals surface area contributed by atoms with E-state index in [1.165, 1.54) is 5.56 Å². The second-order valence-electron chi connectivity index (χ2n) is 7.81. The second-order valence-corrected chi connectivity index (χ2v) is 7.81. The van der Waals surface area contributed by atoms with Crippen molar-refractivity contribution in [3.63, 3.8) is 0 Å². The number of benzene rings is 1. The Labute approximate surface area is 163 Å². The molecule has 144 valence electrons. The first-order chi connectivity index (χ1) is 13.7. The van der Waals surface area contributed by atoms with Crippen molar-refractivity contribution in [2.75, 3.05) is 18.4 Å². The van der Waals surface area contributed by atoms with E-state index in [1.54, 1.807) is 0 Å². The number of hydrogen-bond acceptors (Lipinski definition) is 5. The fourth-order valence-corrected chi connectivity index (χ4v) is 4.44. The zero-order valence-electron chi connectivity index (χ0n) is 15.8. The number of nitrogens with one attached hydrogen (secondary N) is 1. The number of anilines is 1. The van der Waals surface area contributed by atoms with Crippen molar-refractivity contribution in [3.8, 4) is 0 Å². The number of likely N-dealkylation sites (tertiary alicyclic amines) is 1. The molecular weight excluding hydrogens is 354 g/mol. The number of amides is 1. The van der Waals surface area contributed by atoms with Crippen LogP contribution in [0.25, 0.3) is 0 Å². The Balaban J connectivity index is 1.28. The van der Waals surface area contributed by atoms with Crippen molar-refractivity contribution in [2.45, 2.75) is 19.5 Å². The van der Waals surface area contributed by atoms with Crippen LogP contribution in [0.1, 0.15) is 22.0 Å². The van der Waals surface area contributed by atoms with Crippen LogP contribution in [0.5, 0.6) is 0 Å². The van der Waals surface area contributed by atoms with Crippen LogP contribution in [0.2, 0.25) is 0 Å². The van der Waals surface area contributed by atoms with Gasteiger partial charge in [0.25, 0.3) is 5.91 Å². The molecule has 2 atom stereocenters. The molecule has 1 aromatic carbocycles. The minimum atomic E-state index is -0.200. The van der Waals surface area contributed by atoms with Crippen molar-refractivity contribution in [1.82, 2.24) is 29.4 Å². The van der Waals surface area contributed by atoms with Crippen LogP contribution in [0.15, 0.2) is 42.7 Å². The maximum atomic E-state index is 12.7. The highest BCUT2D eigenvalue weighted by atomic mass is 16.2. The summed E-state index contributed by atoms with van der Waals surface area (Å²) < 4.78 is 3.85. The van der Waals surface area contributed by atoms with E-state index in [4.69, 9.17) is 0 Å². The van der Waals surface area contributed by atoms with E-state index in [0.29, 0.717) is 17.7 Å². The Morgan fingerprint density at radius 3 is 2.75 bits per heavy atom. The fraction of sp³-hybridized carbons (Fsp3) is 0.400. The van der Waals surface area contributed by atoms with Crippen molar-refractivity contribution in [2.24, 2.45) is 18.9 Å². The number of aromatic nitrogens is 5.